The Hall–Kier alpha value is -0.240. The van der Waals surface area contributed by atoms with E-state index >= 15 is 0 Å². The van der Waals surface area contributed by atoms with E-state index in [9.17, 15) is 0 Å². The Kier molecular flexibility index (Phi) is 3.70. The predicted molar refractivity (Wildman–Crippen MR) is 47.0 cm³/mol. The first-order valence-corrected chi connectivity index (χ1v) is 4.13. The van der Waals surface area contributed by atoms with Gasteiger partial charge < -0.3 is 4.74 Å². The molecule has 1 aromatic carbocycles. The smallest absolute Gasteiger partial charge is 0.121 e. The van der Waals surface area contributed by atoms with E-state index < -0.39 is 0 Å². The molecule has 0 bridgehead atoms. The zero-order valence-corrected chi connectivity index (χ0v) is 7.40. The standard InChI is InChI=1S/C8H8Cl2O/c9-6-11-5-7-3-1-2-4-8(7)10/h1-4H,5-6H2. The van der Waals surface area contributed by atoms with Crippen LogP contribution in [0, 0.1) is 0 Å². The van der Waals surface area contributed by atoms with Gasteiger partial charge in [0.15, 0.2) is 0 Å². The molecular formula is C8H8Cl2O. The summed E-state index contributed by atoms with van der Waals surface area (Å²) in [6, 6.07) is 7.74. The molecule has 1 rings (SSSR count). The number of rotatable bonds is 3. The van der Waals surface area contributed by atoms with Crippen LogP contribution in [0.1, 0.15) is 5.56 Å². The summed E-state index contributed by atoms with van der Waals surface area (Å²) in [5.41, 5.74) is 0.967. The third-order valence-electron chi connectivity index (χ3n) is 1.29. The summed E-state index contributed by atoms with van der Waals surface area (Å²) >= 11 is 11.2. The zero-order chi connectivity index (χ0) is 8.10. The highest BCUT2D eigenvalue weighted by molar-refractivity contribution is 6.31. The topological polar surface area (TPSA) is 9.23 Å². The third-order valence-corrected chi connectivity index (χ3v) is 1.82. The van der Waals surface area contributed by atoms with Crippen LogP contribution in [0.15, 0.2) is 24.3 Å². The summed E-state index contributed by atoms with van der Waals surface area (Å²) in [4.78, 5) is 0. The number of benzene rings is 1. The molecule has 3 heteroatoms. The van der Waals surface area contributed by atoms with Gasteiger partial charge in [-0.1, -0.05) is 41.4 Å². The van der Waals surface area contributed by atoms with Crippen LogP contribution in [0.2, 0.25) is 5.02 Å². The Morgan fingerprint density at radius 3 is 2.64 bits per heavy atom. The summed E-state index contributed by atoms with van der Waals surface area (Å²) in [7, 11) is 0. The fourth-order valence-electron chi connectivity index (χ4n) is 0.764. The molecule has 1 nitrogen and oxygen atoms in total. The van der Waals surface area contributed by atoms with E-state index in [2.05, 4.69) is 0 Å². The molecule has 0 amide bonds. The largest absolute Gasteiger partial charge is 0.361 e. The molecule has 0 fully saturated rings. The van der Waals surface area contributed by atoms with Crippen LogP contribution in [0.3, 0.4) is 0 Å². The van der Waals surface area contributed by atoms with Gasteiger partial charge in [0.1, 0.15) is 6.07 Å². The molecule has 0 aliphatic heterocycles. The van der Waals surface area contributed by atoms with Crippen molar-refractivity contribution in [3.05, 3.63) is 34.9 Å². The summed E-state index contributed by atoms with van der Waals surface area (Å²) in [5, 5.41) is 0.720. The normalized spacial score (nSPS) is 10.0. The van der Waals surface area contributed by atoms with Crippen LogP contribution in [-0.4, -0.2) is 6.07 Å². The molecule has 0 N–H and O–H groups in total. The average molecular weight is 191 g/mol. The van der Waals surface area contributed by atoms with Crippen molar-refractivity contribution in [1.82, 2.24) is 0 Å². The van der Waals surface area contributed by atoms with Gasteiger partial charge in [-0.25, -0.2) is 0 Å². The van der Waals surface area contributed by atoms with Crippen LogP contribution in [0.25, 0.3) is 0 Å². The van der Waals surface area contributed by atoms with Crippen LogP contribution >= 0.6 is 23.2 Å². The molecule has 0 aliphatic carbocycles. The predicted octanol–water partition coefficient (Wildman–Crippen LogP) is 3.05. The van der Waals surface area contributed by atoms with Gasteiger partial charge in [-0.2, -0.15) is 0 Å². The van der Waals surface area contributed by atoms with Gasteiger partial charge in [0.25, 0.3) is 0 Å². The van der Waals surface area contributed by atoms with Gasteiger partial charge in [-0.05, 0) is 11.6 Å². The first-order valence-electron chi connectivity index (χ1n) is 3.21. The van der Waals surface area contributed by atoms with Crippen LogP contribution < -0.4 is 0 Å². The van der Waals surface area contributed by atoms with Crippen molar-refractivity contribution >= 4 is 23.2 Å². The Morgan fingerprint density at radius 2 is 2.00 bits per heavy atom. The molecule has 60 valence electrons. The summed E-state index contributed by atoms with van der Waals surface area (Å²) in [6.07, 6.45) is 0. The van der Waals surface area contributed by atoms with Crippen molar-refractivity contribution in [3.63, 3.8) is 0 Å². The second-order valence-electron chi connectivity index (χ2n) is 2.05. The van der Waals surface area contributed by atoms with Crippen LogP contribution in [0.4, 0.5) is 0 Å². The van der Waals surface area contributed by atoms with Gasteiger partial charge in [-0.3, -0.25) is 0 Å². The second kappa shape index (κ2) is 4.60. The van der Waals surface area contributed by atoms with Gasteiger partial charge in [0.2, 0.25) is 0 Å². The summed E-state index contributed by atoms with van der Waals surface area (Å²) in [5.74, 6) is 0. The lowest BCUT2D eigenvalue weighted by Gasteiger charge is -2.01. The second-order valence-corrected chi connectivity index (χ2v) is 2.67. The summed E-state index contributed by atoms with van der Waals surface area (Å²) in [6.45, 7) is 0.475. The van der Waals surface area contributed by atoms with E-state index in [1.54, 1.807) is 0 Å². The molecule has 0 saturated carbocycles. The molecular weight excluding hydrogens is 183 g/mol. The first kappa shape index (κ1) is 8.85. The van der Waals surface area contributed by atoms with Crippen molar-refractivity contribution in [2.24, 2.45) is 0 Å². The van der Waals surface area contributed by atoms with Crippen molar-refractivity contribution < 1.29 is 4.74 Å². The minimum Gasteiger partial charge on any atom is -0.361 e. The maximum Gasteiger partial charge on any atom is 0.121 e. The van der Waals surface area contributed by atoms with Crippen molar-refractivity contribution in [1.29, 1.82) is 0 Å². The van der Waals surface area contributed by atoms with Gasteiger partial charge in [-0.15, -0.1) is 0 Å². The van der Waals surface area contributed by atoms with Crippen LogP contribution in [-0.2, 0) is 11.3 Å². The SMILES string of the molecule is ClCOCc1ccccc1Cl. The lowest BCUT2D eigenvalue weighted by Crippen LogP contribution is -1.90. The Morgan fingerprint density at radius 1 is 1.27 bits per heavy atom. The lowest BCUT2D eigenvalue weighted by molar-refractivity contribution is 0.165. The maximum absolute atomic E-state index is 5.84. The van der Waals surface area contributed by atoms with Crippen LogP contribution in [0.5, 0.6) is 0 Å². The fourth-order valence-corrected chi connectivity index (χ4v) is 1.03. The Balaban J connectivity index is 2.62. The molecule has 0 spiro atoms. The number of halogens is 2. The number of ether oxygens (including phenoxy) is 1. The molecule has 0 heterocycles. The molecule has 0 aliphatic rings. The maximum atomic E-state index is 5.84. The van der Waals surface area contributed by atoms with Crippen molar-refractivity contribution in [2.75, 3.05) is 6.07 Å². The average Bonchev–Trinajstić information content (AvgIpc) is 2.03. The van der Waals surface area contributed by atoms with Gasteiger partial charge in [0, 0.05) is 5.02 Å². The van der Waals surface area contributed by atoms with Gasteiger partial charge >= 0.3 is 0 Å². The van der Waals surface area contributed by atoms with E-state index in [0.717, 1.165) is 10.6 Å². The first-order chi connectivity index (χ1) is 5.34. The highest BCUT2D eigenvalue weighted by Crippen LogP contribution is 2.15. The number of alkyl halides is 1. The highest BCUT2D eigenvalue weighted by Gasteiger charge is 1.96. The van der Waals surface area contributed by atoms with E-state index in [-0.39, 0.29) is 6.07 Å². The molecule has 0 radical (unpaired) electrons. The monoisotopic (exact) mass is 190 g/mol. The number of hydrogen-bond donors (Lipinski definition) is 0. The Bertz CT molecular complexity index is 225. The fraction of sp³-hybridized carbons (Fsp3) is 0.250. The van der Waals surface area contributed by atoms with Crippen molar-refractivity contribution in [2.45, 2.75) is 6.61 Å². The van der Waals surface area contributed by atoms with Crippen molar-refractivity contribution in [3.8, 4) is 0 Å². The molecule has 0 atom stereocenters. The van der Waals surface area contributed by atoms with Gasteiger partial charge in [0.05, 0.1) is 6.61 Å². The molecule has 1 aromatic rings. The lowest BCUT2D eigenvalue weighted by atomic mass is 10.2. The zero-order valence-electron chi connectivity index (χ0n) is 5.89. The quantitative estimate of drug-likeness (QED) is 0.667. The number of hydrogen-bond acceptors (Lipinski definition) is 1. The molecule has 0 unspecified atom stereocenters. The summed E-state index contributed by atoms with van der Waals surface area (Å²) < 4.78 is 4.98. The third kappa shape index (κ3) is 2.70. The molecule has 11 heavy (non-hydrogen) atoms. The molecule has 0 saturated heterocycles. The van der Waals surface area contributed by atoms with E-state index in [1.165, 1.54) is 0 Å². The van der Waals surface area contributed by atoms with E-state index in [4.69, 9.17) is 27.9 Å². The minimum atomic E-state index is 0.200. The Labute approximate surface area is 75.9 Å². The highest BCUT2D eigenvalue weighted by atomic mass is 35.5. The van der Waals surface area contributed by atoms with E-state index in [0.29, 0.717) is 6.61 Å². The minimum absolute atomic E-state index is 0.200. The van der Waals surface area contributed by atoms with E-state index in [1.807, 2.05) is 24.3 Å². The molecule has 0 aromatic heterocycles.